The van der Waals surface area contributed by atoms with Crippen LogP contribution in [0.4, 0.5) is 17.1 Å². The lowest BCUT2D eigenvalue weighted by atomic mass is 10.1. The second-order valence-corrected chi connectivity index (χ2v) is 9.24. The molecule has 7 nitrogen and oxygen atoms in total. The van der Waals surface area contributed by atoms with Gasteiger partial charge in [-0.25, -0.2) is 4.90 Å². The molecule has 4 rings (SSSR count). The zero-order chi connectivity index (χ0) is 26.5. The molecule has 190 valence electrons. The van der Waals surface area contributed by atoms with Crippen molar-refractivity contribution >= 4 is 58.0 Å². The van der Waals surface area contributed by atoms with E-state index in [1.165, 1.54) is 6.07 Å². The van der Waals surface area contributed by atoms with Crippen LogP contribution in [0.2, 0.25) is 5.02 Å². The Hall–Kier alpha value is -3.81. The molecule has 1 aliphatic rings. The van der Waals surface area contributed by atoms with Gasteiger partial charge in [-0.3, -0.25) is 14.4 Å². The highest BCUT2D eigenvalue weighted by Gasteiger charge is 2.39. The fraction of sp³-hybridized carbons (Fsp3) is 0.179. The number of hydrogen-bond acceptors (Lipinski definition) is 5. The summed E-state index contributed by atoms with van der Waals surface area (Å²) in [6.07, 6.45) is 1.91. The maximum Gasteiger partial charge on any atom is 0.283 e. The van der Waals surface area contributed by atoms with E-state index in [-0.39, 0.29) is 16.6 Å². The van der Waals surface area contributed by atoms with Gasteiger partial charge in [0.1, 0.15) is 16.5 Å². The van der Waals surface area contributed by atoms with Crippen molar-refractivity contribution in [2.24, 2.45) is 0 Å². The minimum atomic E-state index is -0.664. The summed E-state index contributed by atoms with van der Waals surface area (Å²) in [6, 6.07) is 18.6. The highest BCUT2D eigenvalue weighted by Crippen LogP contribution is 2.32. The van der Waals surface area contributed by atoms with E-state index < -0.39 is 11.8 Å². The fourth-order valence-corrected chi connectivity index (χ4v) is 4.11. The van der Waals surface area contributed by atoms with Crippen LogP contribution >= 0.6 is 23.2 Å². The lowest BCUT2D eigenvalue weighted by Crippen LogP contribution is -2.32. The third kappa shape index (κ3) is 5.79. The van der Waals surface area contributed by atoms with E-state index in [0.29, 0.717) is 40.0 Å². The molecule has 1 aliphatic heterocycles. The van der Waals surface area contributed by atoms with E-state index in [9.17, 15) is 14.4 Å². The number of imide groups is 1. The number of hydrogen-bond donors (Lipinski definition) is 2. The molecule has 3 amide bonds. The molecule has 0 saturated heterocycles. The summed E-state index contributed by atoms with van der Waals surface area (Å²) >= 11 is 12.3. The first-order chi connectivity index (χ1) is 17.8. The van der Waals surface area contributed by atoms with Crippen molar-refractivity contribution in [2.45, 2.75) is 26.7 Å². The molecule has 0 atom stereocenters. The van der Waals surface area contributed by atoms with Crippen LogP contribution in [0, 0.1) is 6.92 Å². The monoisotopic (exact) mass is 537 g/mol. The molecule has 3 aromatic carbocycles. The summed E-state index contributed by atoms with van der Waals surface area (Å²) in [4.78, 5) is 39.9. The molecule has 0 unspecified atom stereocenters. The van der Waals surface area contributed by atoms with Crippen LogP contribution in [0.25, 0.3) is 0 Å². The summed E-state index contributed by atoms with van der Waals surface area (Å²) in [5.41, 5.74) is 2.33. The van der Waals surface area contributed by atoms with Gasteiger partial charge < -0.3 is 15.4 Å². The maximum absolute atomic E-state index is 13.1. The summed E-state index contributed by atoms with van der Waals surface area (Å²) in [5, 5.41) is 5.96. The zero-order valence-corrected chi connectivity index (χ0v) is 21.8. The molecule has 37 heavy (non-hydrogen) atoms. The average Bonchev–Trinajstić information content (AvgIpc) is 3.09. The second-order valence-electron chi connectivity index (χ2n) is 8.42. The Bertz CT molecular complexity index is 1400. The van der Waals surface area contributed by atoms with Gasteiger partial charge in [0.15, 0.2) is 0 Å². The molecule has 0 saturated carbocycles. The standard InChI is InChI=1S/C28H25Cl2N3O4/c1-3-4-14-37-23-11-6-5-10-21(23)32-26(34)18-13-12-17(2)22(15-18)31-25-24(30)27(35)33(28(25)36)20-9-7-8-19(29)16-20/h5-13,15-16,31H,3-4,14H2,1-2H3,(H,32,34). The van der Waals surface area contributed by atoms with Gasteiger partial charge in [0.25, 0.3) is 17.7 Å². The van der Waals surface area contributed by atoms with Gasteiger partial charge in [-0.05, 0) is 61.4 Å². The predicted molar refractivity (Wildman–Crippen MR) is 146 cm³/mol. The molecule has 0 radical (unpaired) electrons. The van der Waals surface area contributed by atoms with E-state index in [2.05, 4.69) is 17.6 Å². The Balaban J connectivity index is 1.55. The highest BCUT2D eigenvalue weighted by atomic mass is 35.5. The van der Waals surface area contributed by atoms with Crippen molar-refractivity contribution in [3.05, 3.63) is 93.6 Å². The summed E-state index contributed by atoms with van der Waals surface area (Å²) < 4.78 is 5.80. The van der Waals surface area contributed by atoms with Gasteiger partial charge in [0.2, 0.25) is 0 Å². The largest absolute Gasteiger partial charge is 0.491 e. The van der Waals surface area contributed by atoms with Gasteiger partial charge in [0, 0.05) is 16.3 Å². The molecule has 0 spiro atoms. The van der Waals surface area contributed by atoms with Crippen LogP contribution in [0.3, 0.4) is 0 Å². The van der Waals surface area contributed by atoms with Gasteiger partial charge in [-0.1, -0.05) is 60.8 Å². The van der Waals surface area contributed by atoms with Crippen molar-refractivity contribution in [3.63, 3.8) is 0 Å². The summed E-state index contributed by atoms with van der Waals surface area (Å²) in [6.45, 7) is 4.44. The predicted octanol–water partition coefficient (Wildman–Crippen LogP) is 6.52. The van der Waals surface area contributed by atoms with Crippen LogP contribution in [-0.4, -0.2) is 24.3 Å². The number of rotatable bonds is 9. The van der Waals surface area contributed by atoms with Crippen molar-refractivity contribution < 1.29 is 19.1 Å². The number of aryl methyl sites for hydroxylation is 1. The number of para-hydroxylation sites is 2. The first-order valence-corrected chi connectivity index (χ1v) is 12.5. The fourth-order valence-electron chi connectivity index (χ4n) is 3.71. The SMILES string of the molecule is CCCCOc1ccccc1NC(=O)c1ccc(C)c(NC2=C(Cl)C(=O)N(c3cccc(Cl)c3)C2=O)c1. The van der Waals surface area contributed by atoms with Crippen LogP contribution < -0.4 is 20.3 Å². The van der Waals surface area contributed by atoms with E-state index in [0.717, 1.165) is 23.3 Å². The molecule has 3 aromatic rings. The normalized spacial score (nSPS) is 13.2. The number of nitrogens with one attached hydrogen (secondary N) is 2. The average molecular weight is 538 g/mol. The third-order valence-corrected chi connectivity index (χ3v) is 6.33. The highest BCUT2D eigenvalue weighted by molar-refractivity contribution is 6.53. The van der Waals surface area contributed by atoms with E-state index >= 15 is 0 Å². The minimum absolute atomic E-state index is 0.0815. The van der Waals surface area contributed by atoms with Crippen molar-refractivity contribution in [1.29, 1.82) is 0 Å². The number of ether oxygens (including phenoxy) is 1. The Morgan fingerprint density at radius 2 is 1.73 bits per heavy atom. The molecule has 9 heteroatoms. The van der Waals surface area contributed by atoms with Gasteiger partial charge in [-0.2, -0.15) is 0 Å². The molecule has 0 aromatic heterocycles. The maximum atomic E-state index is 13.1. The smallest absolute Gasteiger partial charge is 0.283 e. The Labute approximate surface area is 225 Å². The summed E-state index contributed by atoms with van der Waals surface area (Å²) in [7, 11) is 0. The number of benzene rings is 3. The molecular formula is C28H25Cl2N3O4. The number of nitrogens with zero attached hydrogens (tertiary/aromatic N) is 1. The number of anilines is 3. The molecule has 0 aliphatic carbocycles. The Morgan fingerprint density at radius 3 is 2.49 bits per heavy atom. The number of carbonyl (C=O) groups is 3. The van der Waals surface area contributed by atoms with E-state index in [1.807, 2.05) is 19.1 Å². The first-order valence-electron chi connectivity index (χ1n) is 11.7. The second kappa shape index (κ2) is 11.5. The van der Waals surface area contributed by atoms with E-state index in [1.54, 1.807) is 48.5 Å². The lowest BCUT2D eigenvalue weighted by molar-refractivity contribution is -0.120. The van der Waals surface area contributed by atoms with Crippen molar-refractivity contribution in [2.75, 3.05) is 22.1 Å². The van der Waals surface area contributed by atoms with Gasteiger partial charge >= 0.3 is 0 Å². The van der Waals surface area contributed by atoms with Crippen LogP contribution in [0.1, 0.15) is 35.7 Å². The first kappa shape index (κ1) is 26.3. The molecule has 1 heterocycles. The number of halogens is 2. The van der Waals surface area contributed by atoms with Gasteiger partial charge in [0.05, 0.1) is 18.0 Å². The molecule has 0 fully saturated rings. The Morgan fingerprint density at radius 1 is 0.946 bits per heavy atom. The zero-order valence-electron chi connectivity index (χ0n) is 20.3. The van der Waals surface area contributed by atoms with Crippen molar-refractivity contribution in [3.8, 4) is 5.75 Å². The third-order valence-electron chi connectivity index (χ3n) is 5.74. The van der Waals surface area contributed by atoms with Crippen molar-refractivity contribution in [1.82, 2.24) is 0 Å². The quantitative estimate of drug-likeness (QED) is 0.239. The number of carbonyl (C=O) groups excluding carboxylic acids is 3. The van der Waals surface area contributed by atoms with Gasteiger partial charge in [-0.15, -0.1) is 0 Å². The van der Waals surface area contributed by atoms with E-state index in [4.69, 9.17) is 27.9 Å². The number of amides is 3. The van der Waals surface area contributed by atoms with Crippen LogP contribution in [0.5, 0.6) is 5.75 Å². The lowest BCUT2D eigenvalue weighted by Gasteiger charge is -2.16. The number of unbranched alkanes of at least 4 members (excludes halogenated alkanes) is 1. The van der Waals surface area contributed by atoms with Crippen LogP contribution in [0.15, 0.2) is 77.5 Å². The van der Waals surface area contributed by atoms with Crippen LogP contribution in [-0.2, 0) is 9.59 Å². The molecule has 2 N–H and O–H groups in total. The molecule has 0 bridgehead atoms. The molecular weight excluding hydrogens is 513 g/mol. The topological polar surface area (TPSA) is 87.7 Å². The Kier molecular flexibility index (Phi) is 8.16. The minimum Gasteiger partial charge on any atom is -0.491 e. The summed E-state index contributed by atoms with van der Waals surface area (Å²) in [5.74, 6) is -1.06.